The Morgan fingerprint density at radius 2 is 2.07 bits per heavy atom. The van der Waals surface area contributed by atoms with E-state index in [1.807, 2.05) is 12.3 Å². The second-order valence-electron chi connectivity index (χ2n) is 5.90. The number of ether oxygens (including phenoxy) is 2. The Bertz CT molecular complexity index is 1000. The lowest BCUT2D eigenvalue weighted by Gasteiger charge is -2.15. The molecular weight excluding hydrogens is 350 g/mol. The Morgan fingerprint density at radius 3 is 2.81 bits per heavy atom. The molecule has 0 saturated carbocycles. The average Bonchev–Trinajstić information content (AvgIpc) is 3.42. The Kier molecular flexibility index (Phi) is 4.81. The van der Waals surface area contributed by atoms with E-state index in [2.05, 4.69) is 30.6 Å². The fraction of sp³-hybridized carbons (Fsp3) is 0.294. The minimum absolute atomic E-state index is 0.0215. The van der Waals surface area contributed by atoms with Crippen molar-refractivity contribution < 1.29 is 13.9 Å². The van der Waals surface area contributed by atoms with E-state index in [0.717, 1.165) is 5.69 Å². The Morgan fingerprint density at radius 1 is 1.22 bits per heavy atom. The van der Waals surface area contributed by atoms with Gasteiger partial charge in [-0.2, -0.15) is 10.2 Å². The molecule has 4 aromatic rings. The number of H-pyrrole nitrogens is 1. The third kappa shape index (κ3) is 3.52. The molecule has 4 aromatic heterocycles. The van der Waals surface area contributed by atoms with Crippen LogP contribution >= 0.6 is 0 Å². The van der Waals surface area contributed by atoms with Gasteiger partial charge in [0.15, 0.2) is 17.4 Å². The summed E-state index contributed by atoms with van der Waals surface area (Å²) >= 11 is 0. The van der Waals surface area contributed by atoms with Crippen molar-refractivity contribution in [3.63, 3.8) is 0 Å². The maximum absolute atomic E-state index is 5.41. The Labute approximate surface area is 154 Å². The van der Waals surface area contributed by atoms with Gasteiger partial charge >= 0.3 is 0 Å². The molecule has 2 N–H and O–H groups in total. The highest BCUT2D eigenvalue weighted by Crippen LogP contribution is 2.26. The minimum atomic E-state index is -0.0215. The largest absolute Gasteiger partial charge is 0.461 e. The van der Waals surface area contributed by atoms with E-state index in [-0.39, 0.29) is 6.04 Å². The van der Waals surface area contributed by atoms with E-state index in [9.17, 15) is 0 Å². The summed E-state index contributed by atoms with van der Waals surface area (Å²) in [6, 6.07) is 3.58. The lowest BCUT2D eigenvalue weighted by Crippen LogP contribution is -2.20. The van der Waals surface area contributed by atoms with E-state index >= 15 is 0 Å². The predicted octanol–water partition coefficient (Wildman–Crippen LogP) is 2.39. The smallest absolute Gasteiger partial charge is 0.198 e. The lowest BCUT2D eigenvalue weighted by atomic mass is 10.3. The standard InChI is InChI=1S/C17H19N7O3/c1-25-9-12(10-26-2)24-8-11(6-19-24)20-17-15-13(7-18-23-15)21-16(22-17)14-4-3-5-27-14/h3-8,12H,9-10H2,1-2H3,(H,18,23)(H,20,21,22). The number of rotatable bonds is 8. The molecule has 0 fully saturated rings. The maximum Gasteiger partial charge on any atom is 0.198 e. The van der Waals surface area contributed by atoms with Gasteiger partial charge < -0.3 is 19.2 Å². The van der Waals surface area contributed by atoms with Crippen LogP contribution in [0, 0.1) is 0 Å². The molecule has 0 spiro atoms. The molecule has 10 nitrogen and oxygen atoms in total. The fourth-order valence-corrected chi connectivity index (χ4v) is 2.77. The molecule has 0 radical (unpaired) electrons. The fourth-order valence-electron chi connectivity index (χ4n) is 2.77. The Hall–Kier alpha value is -3.24. The molecule has 0 aromatic carbocycles. The first kappa shape index (κ1) is 17.2. The highest BCUT2D eigenvalue weighted by Gasteiger charge is 2.15. The van der Waals surface area contributed by atoms with E-state index in [1.54, 1.807) is 43.6 Å². The molecule has 0 aliphatic rings. The van der Waals surface area contributed by atoms with Crippen molar-refractivity contribution in [1.29, 1.82) is 0 Å². The lowest BCUT2D eigenvalue weighted by molar-refractivity contribution is 0.0839. The van der Waals surface area contributed by atoms with Crippen LogP contribution in [0.3, 0.4) is 0 Å². The van der Waals surface area contributed by atoms with Gasteiger partial charge in [-0.3, -0.25) is 9.78 Å². The summed E-state index contributed by atoms with van der Waals surface area (Å²) in [6.07, 6.45) is 6.82. The van der Waals surface area contributed by atoms with Crippen LogP contribution in [0.25, 0.3) is 22.6 Å². The average molecular weight is 369 g/mol. The number of hydrogen-bond donors (Lipinski definition) is 2. The molecule has 0 bridgehead atoms. The van der Waals surface area contributed by atoms with Crippen LogP contribution in [0.4, 0.5) is 11.5 Å². The van der Waals surface area contributed by atoms with Crippen LogP contribution in [0.5, 0.6) is 0 Å². The second-order valence-corrected chi connectivity index (χ2v) is 5.90. The van der Waals surface area contributed by atoms with Crippen LogP contribution in [0.1, 0.15) is 6.04 Å². The van der Waals surface area contributed by atoms with Crippen LogP contribution in [-0.4, -0.2) is 57.4 Å². The third-order valence-electron chi connectivity index (χ3n) is 4.00. The van der Waals surface area contributed by atoms with Gasteiger partial charge in [0.2, 0.25) is 0 Å². The molecular formula is C17H19N7O3. The first-order valence-electron chi connectivity index (χ1n) is 8.32. The molecule has 0 amide bonds. The molecule has 4 heterocycles. The van der Waals surface area contributed by atoms with Gasteiger partial charge in [-0.1, -0.05) is 0 Å². The van der Waals surface area contributed by atoms with E-state index in [4.69, 9.17) is 13.9 Å². The van der Waals surface area contributed by atoms with Crippen molar-refractivity contribution in [2.45, 2.75) is 6.04 Å². The SMILES string of the molecule is COCC(COC)n1cc(Nc2nc(-c3ccco3)nc3cn[nH]c23)cn1. The normalized spacial score (nSPS) is 11.5. The first-order chi connectivity index (χ1) is 13.3. The topological polar surface area (TPSA) is 116 Å². The van der Waals surface area contributed by atoms with Crippen molar-refractivity contribution in [3.8, 4) is 11.6 Å². The van der Waals surface area contributed by atoms with Crippen molar-refractivity contribution in [2.24, 2.45) is 0 Å². The molecule has 10 heteroatoms. The van der Waals surface area contributed by atoms with Gasteiger partial charge in [0.25, 0.3) is 0 Å². The number of aromatic nitrogens is 6. The molecule has 0 unspecified atom stereocenters. The zero-order valence-electron chi connectivity index (χ0n) is 14.9. The van der Waals surface area contributed by atoms with Crippen molar-refractivity contribution in [3.05, 3.63) is 37.0 Å². The van der Waals surface area contributed by atoms with Gasteiger partial charge in [0.1, 0.15) is 11.0 Å². The number of anilines is 2. The van der Waals surface area contributed by atoms with Crippen molar-refractivity contribution >= 4 is 22.5 Å². The summed E-state index contributed by atoms with van der Waals surface area (Å²) in [5.74, 6) is 1.64. The quantitative estimate of drug-likeness (QED) is 0.486. The molecule has 0 aliphatic carbocycles. The van der Waals surface area contributed by atoms with E-state index in [0.29, 0.717) is 41.6 Å². The van der Waals surface area contributed by atoms with Gasteiger partial charge in [0.05, 0.1) is 43.6 Å². The monoisotopic (exact) mass is 369 g/mol. The summed E-state index contributed by atoms with van der Waals surface area (Å²) in [6.45, 7) is 0.992. The zero-order valence-corrected chi connectivity index (χ0v) is 14.9. The van der Waals surface area contributed by atoms with Gasteiger partial charge in [0, 0.05) is 20.4 Å². The summed E-state index contributed by atoms with van der Waals surface area (Å²) in [5, 5.41) is 14.6. The highest BCUT2D eigenvalue weighted by atomic mass is 16.5. The van der Waals surface area contributed by atoms with Crippen LogP contribution in [0.2, 0.25) is 0 Å². The van der Waals surface area contributed by atoms with Crippen molar-refractivity contribution in [2.75, 3.05) is 32.8 Å². The van der Waals surface area contributed by atoms with Crippen molar-refractivity contribution in [1.82, 2.24) is 29.9 Å². The van der Waals surface area contributed by atoms with Gasteiger partial charge in [-0.15, -0.1) is 0 Å². The number of nitrogens with zero attached hydrogens (tertiary/aromatic N) is 5. The Balaban J connectivity index is 1.65. The number of aromatic amines is 1. The number of nitrogens with one attached hydrogen (secondary N) is 2. The summed E-state index contributed by atoms with van der Waals surface area (Å²) in [7, 11) is 3.30. The maximum atomic E-state index is 5.41. The predicted molar refractivity (Wildman–Crippen MR) is 97.7 cm³/mol. The molecule has 27 heavy (non-hydrogen) atoms. The molecule has 4 rings (SSSR count). The second kappa shape index (κ2) is 7.56. The third-order valence-corrected chi connectivity index (χ3v) is 4.00. The van der Waals surface area contributed by atoms with Crippen LogP contribution < -0.4 is 5.32 Å². The molecule has 0 atom stereocenters. The summed E-state index contributed by atoms with van der Waals surface area (Å²) in [5.41, 5.74) is 2.15. The molecule has 140 valence electrons. The molecule has 0 saturated heterocycles. The summed E-state index contributed by atoms with van der Waals surface area (Å²) in [4.78, 5) is 9.03. The zero-order chi connectivity index (χ0) is 18.6. The molecule has 0 aliphatic heterocycles. The first-order valence-corrected chi connectivity index (χ1v) is 8.32. The van der Waals surface area contributed by atoms with Crippen LogP contribution in [-0.2, 0) is 9.47 Å². The number of fused-ring (bicyclic) bond motifs is 1. The number of methoxy groups -OCH3 is 2. The van der Waals surface area contributed by atoms with Gasteiger partial charge in [-0.25, -0.2) is 9.97 Å². The van der Waals surface area contributed by atoms with E-state index in [1.165, 1.54) is 0 Å². The number of hydrogen-bond acceptors (Lipinski definition) is 8. The van der Waals surface area contributed by atoms with Gasteiger partial charge in [-0.05, 0) is 12.1 Å². The highest BCUT2D eigenvalue weighted by molar-refractivity contribution is 5.88. The number of furan rings is 1. The van der Waals surface area contributed by atoms with E-state index < -0.39 is 0 Å². The van der Waals surface area contributed by atoms with Crippen LogP contribution in [0.15, 0.2) is 41.4 Å². The summed E-state index contributed by atoms with van der Waals surface area (Å²) < 4.78 is 17.7. The minimum Gasteiger partial charge on any atom is -0.461 e.